The van der Waals surface area contributed by atoms with Gasteiger partial charge in [-0.2, -0.15) is 0 Å². The van der Waals surface area contributed by atoms with Crippen molar-refractivity contribution < 1.29 is 22.3 Å². The molecule has 0 radical (unpaired) electrons. The highest BCUT2D eigenvalue weighted by Crippen LogP contribution is 2.20. The van der Waals surface area contributed by atoms with E-state index in [-0.39, 0.29) is 35.8 Å². The molecule has 1 heterocycles. The lowest BCUT2D eigenvalue weighted by molar-refractivity contribution is -0.135. The van der Waals surface area contributed by atoms with Crippen molar-refractivity contribution in [1.29, 1.82) is 0 Å². The third-order valence-corrected chi connectivity index (χ3v) is 5.66. The van der Waals surface area contributed by atoms with Crippen LogP contribution in [0, 0.1) is 5.82 Å². The summed E-state index contributed by atoms with van der Waals surface area (Å²) in [7, 11) is -3.07. The molecule has 0 spiro atoms. The molecule has 0 aromatic heterocycles. The van der Waals surface area contributed by atoms with Crippen molar-refractivity contribution >= 4 is 15.7 Å². The van der Waals surface area contributed by atoms with Gasteiger partial charge >= 0.3 is 0 Å². The number of benzene rings is 1. The van der Waals surface area contributed by atoms with Gasteiger partial charge in [0.15, 0.2) is 28.0 Å². The van der Waals surface area contributed by atoms with Crippen molar-refractivity contribution in [3.05, 3.63) is 30.1 Å². The van der Waals surface area contributed by atoms with Gasteiger partial charge in [0.05, 0.1) is 11.5 Å². The van der Waals surface area contributed by atoms with Gasteiger partial charge in [-0.1, -0.05) is 25.5 Å². The molecular formula is C16H22FNO4S. The first-order valence-electron chi connectivity index (χ1n) is 7.80. The fraction of sp³-hybridized carbons (Fsp3) is 0.562. The van der Waals surface area contributed by atoms with Crippen molar-refractivity contribution in [2.24, 2.45) is 0 Å². The molecule has 128 valence electrons. The van der Waals surface area contributed by atoms with Gasteiger partial charge in [-0.25, -0.2) is 12.8 Å². The van der Waals surface area contributed by atoms with E-state index in [4.69, 9.17) is 4.74 Å². The summed E-state index contributed by atoms with van der Waals surface area (Å²) in [6.07, 6.45) is 2.15. The maximum absolute atomic E-state index is 13.5. The molecule has 1 aromatic carbocycles. The monoisotopic (exact) mass is 343 g/mol. The summed E-state index contributed by atoms with van der Waals surface area (Å²) in [5, 5.41) is 0. The maximum atomic E-state index is 13.5. The summed E-state index contributed by atoms with van der Waals surface area (Å²) in [4.78, 5) is 14.0. The number of hydrogen-bond acceptors (Lipinski definition) is 4. The predicted octanol–water partition coefficient (Wildman–Crippen LogP) is 2.02. The topological polar surface area (TPSA) is 63.7 Å². The Labute approximate surface area is 136 Å². The van der Waals surface area contributed by atoms with Crippen LogP contribution in [0.4, 0.5) is 4.39 Å². The normalized spacial score (nSPS) is 19.5. The Morgan fingerprint density at radius 2 is 2.13 bits per heavy atom. The molecule has 1 atom stereocenters. The number of rotatable bonds is 7. The van der Waals surface area contributed by atoms with Crippen molar-refractivity contribution in [1.82, 2.24) is 4.90 Å². The van der Waals surface area contributed by atoms with E-state index in [1.807, 2.05) is 6.92 Å². The van der Waals surface area contributed by atoms with Gasteiger partial charge in [0.25, 0.3) is 5.91 Å². The zero-order valence-corrected chi connectivity index (χ0v) is 14.0. The Morgan fingerprint density at radius 1 is 1.39 bits per heavy atom. The van der Waals surface area contributed by atoms with E-state index in [9.17, 15) is 17.6 Å². The number of unbranched alkanes of at least 4 members (excludes halogenated alkanes) is 1. The number of carbonyl (C=O) groups excluding carboxylic acids is 1. The molecule has 23 heavy (non-hydrogen) atoms. The molecule has 7 heteroatoms. The van der Waals surface area contributed by atoms with Gasteiger partial charge in [-0.3, -0.25) is 4.79 Å². The first-order valence-corrected chi connectivity index (χ1v) is 9.62. The van der Waals surface area contributed by atoms with Crippen molar-refractivity contribution in [2.75, 3.05) is 24.7 Å². The van der Waals surface area contributed by atoms with Crippen LogP contribution in [-0.4, -0.2) is 49.9 Å². The zero-order chi connectivity index (χ0) is 16.9. The van der Waals surface area contributed by atoms with Crippen LogP contribution in [0.1, 0.15) is 26.2 Å². The first-order chi connectivity index (χ1) is 10.9. The highest BCUT2D eigenvalue weighted by molar-refractivity contribution is 7.91. The van der Waals surface area contributed by atoms with E-state index in [1.165, 1.54) is 12.1 Å². The summed E-state index contributed by atoms with van der Waals surface area (Å²) in [6.45, 7) is 2.21. The summed E-state index contributed by atoms with van der Waals surface area (Å²) >= 11 is 0. The SMILES string of the molecule is CCCCN(C(=O)COc1ccccc1F)C1CCS(=O)(=O)C1. The van der Waals surface area contributed by atoms with Gasteiger partial charge in [0, 0.05) is 12.6 Å². The molecule has 2 rings (SSSR count). The molecule has 0 saturated carbocycles. The molecule has 0 bridgehead atoms. The predicted molar refractivity (Wildman–Crippen MR) is 85.6 cm³/mol. The lowest BCUT2D eigenvalue weighted by atomic mass is 10.2. The van der Waals surface area contributed by atoms with Crippen LogP contribution in [0.25, 0.3) is 0 Å². The lowest BCUT2D eigenvalue weighted by Crippen LogP contribution is -2.44. The van der Waals surface area contributed by atoms with Gasteiger partial charge in [0.2, 0.25) is 0 Å². The fourth-order valence-electron chi connectivity index (χ4n) is 2.64. The average molecular weight is 343 g/mol. The van der Waals surface area contributed by atoms with E-state index >= 15 is 0 Å². The number of ether oxygens (including phenoxy) is 1. The van der Waals surface area contributed by atoms with E-state index in [0.717, 1.165) is 12.8 Å². The van der Waals surface area contributed by atoms with Gasteiger partial charge in [-0.15, -0.1) is 0 Å². The van der Waals surface area contributed by atoms with Gasteiger partial charge in [0.1, 0.15) is 0 Å². The molecule has 1 aromatic rings. The van der Waals surface area contributed by atoms with E-state index in [0.29, 0.717) is 13.0 Å². The molecule has 1 aliphatic rings. The minimum Gasteiger partial charge on any atom is -0.481 e. The van der Waals surface area contributed by atoms with E-state index < -0.39 is 15.7 Å². The second-order valence-electron chi connectivity index (χ2n) is 5.72. The van der Waals surface area contributed by atoms with Crippen LogP contribution in [-0.2, 0) is 14.6 Å². The average Bonchev–Trinajstić information content (AvgIpc) is 2.87. The smallest absolute Gasteiger partial charge is 0.260 e. The van der Waals surface area contributed by atoms with Crippen molar-refractivity contribution in [3.8, 4) is 5.75 Å². The van der Waals surface area contributed by atoms with Crippen molar-refractivity contribution in [3.63, 3.8) is 0 Å². The van der Waals surface area contributed by atoms with Crippen LogP contribution in [0.2, 0.25) is 0 Å². The molecule has 1 fully saturated rings. The van der Waals surface area contributed by atoms with Crippen LogP contribution < -0.4 is 4.74 Å². The molecule has 1 saturated heterocycles. The lowest BCUT2D eigenvalue weighted by Gasteiger charge is -2.28. The summed E-state index contributed by atoms with van der Waals surface area (Å²) in [5.41, 5.74) is 0. The maximum Gasteiger partial charge on any atom is 0.260 e. The minimum absolute atomic E-state index is 0.00214. The Morgan fingerprint density at radius 3 is 2.74 bits per heavy atom. The third-order valence-electron chi connectivity index (χ3n) is 3.91. The van der Waals surface area contributed by atoms with Crippen LogP contribution in [0.3, 0.4) is 0 Å². The fourth-order valence-corrected chi connectivity index (χ4v) is 4.38. The number of hydrogen-bond donors (Lipinski definition) is 0. The third kappa shape index (κ3) is 4.92. The molecule has 5 nitrogen and oxygen atoms in total. The highest BCUT2D eigenvalue weighted by atomic mass is 32.2. The van der Waals surface area contributed by atoms with E-state index in [2.05, 4.69) is 0 Å². The van der Waals surface area contributed by atoms with Crippen molar-refractivity contribution in [2.45, 2.75) is 32.2 Å². The molecule has 1 aliphatic heterocycles. The number of nitrogens with zero attached hydrogens (tertiary/aromatic N) is 1. The Bertz CT molecular complexity index is 647. The number of halogens is 1. The Kier molecular flexibility index (Phi) is 5.98. The number of para-hydroxylation sites is 1. The largest absolute Gasteiger partial charge is 0.481 e. The van der Waals surface area contributed by atoms with Gasteiger partial charge < -0.3 is 9.64 Å². The highest BCUT2D eigenvalue weighted by Gasteiger charge is 2.34. The summed E-state index contributed by atoms with van der Waals surface area (Å²) in [6, 6.07) is 5.59. The molecule has 0 N–H and O–H groups in total. The van der Waals surface area contributed by atoms with Crippen LogP contribution in [0.15, 0.2) is 24.3 Å². The Hall–Kier alpha value is -1.63. The zero-order valence-electron chi connectivity index (χ0n) is 13.2. The molecular weight excluding hydrogens is 321 g/mol. The second kappa shape index (κ2) is 7.77. The Balaban J connectivity index is 2.00. The molecule has 1 amide bonds. The summed E-state index contributed by atoms with van der Waals surface area (Å²) in [5.74, 6) is -0.688. The number of amides is 1. The minimum atomic E-state index is -3.07. The van der Waals surface area contributed by atoms with Crippen LogP contribution >= 0.6 is 0 Å². The van der Waals surface area contributed by atoms with Gasteiger partial charge in [-0.05, 0) is 25.0 Å². The second-order valence-corrected chi connectivity index (χ2v) is 7.95. The number of carbonyl (C=O) groups is 1. The van der Waals surface area contributed by atoms with E-state index in [1.54, 1.807) is 17.0 Å². The molecule has 1 unspecified atom stereocenters. The summed E-state index contributed by atoms with van der Waals surface area (Å²) < 4.78 is 42.1. The molecule has 0 aliphatic carbocycles. The quantitative estimate of drug-likeness (QED) is 0.760. The standard InChI is InChI=1S/C16H22FNO4S/c1-2-3-9-18(13-8-10-23(20,21)12-13)16(19)11-22-15-7-5-4-6-14(15)17/h4-7,13H,2-3,8-12H2,1H3. The number of sulfone groups is 1. The first kappa shape index (κ1) is 17.7. The van der Waals surface area contributed by atoms with Crippen LogP contribution in [0.5, 0.6) is 5.75 Å².